The smallest absolute Gasteiger partial charge is 0.216 e. The van der Waals surface area contributed by atoms with Crippen LogP contribution in [0.25, 0.3) is 10.9 Å². The van der Waals surface area contributed by atoms with Crippen molar-refractivity contribution in [2.75, 3.05) is 20.8 Å². The summed E-state index contributed by atoms with van der Waals surface area (Å²) >= 11 is 5.09. The van der Waals surface area contributed by atoms with Crippen LogP contribution < -0.4 is 14.2 Å². The van der Waals surface area contributed by atoms with E-state index in [1.165, 1.54) is 0 Å². The van der Waals surface area contributed by atoms with Crippen LogP contribution in [0, 0.1) is 0 Å². The molecule has 1 aromatic carbocycles. The number of aromatic nitrogens is 1. The van der Waals surface area contributed by atoms with E-state index in [0.29, 0.717) is 29.6 Å². The van der Waals surface area contributed by atoms with Gasteiger partial charge in [-0.25, -0.2) is 4.98 Å². The number of hydrogen-bond donors (Lipinski definition) is 1. The van der Waals surface area contributed by atoms with E-state index in [1.54, 1.807) is 20.3 Å². The first-order chi connectivity index (χ1) is 11.3. The molecule has 1 heterocycles. The highest BCUT2D eigenvalue weighted by Crippen LogP contribution is 2.31. The minimum absolute atomic E-state index is 0.296. The minimum atomic E-state index is -1.10. The molecule has 7 heteroatoms. The van der Waals surface area contributed by atoms with Crippen LogP contribution >= 0.6 is 11.6 Å². The predicted octanol–water partition coefficient (Wildman–Crippen LogP) is 3.50. The highest BCUT2D eigenvalue weighted by molar-refractivity contribution is 7.90. The van der Waals surface area contributed by atoms with Gasteiger partial charge in [0.15, 0.2) is 0 Å². The van der Waals surface area contributed by atoms with Gasteiger partial charge in [-0.2, -0.15) is 0 Å². The Morgan fingerprint density at radius 1 is 1.21 bits per heavy atom. The lowest BCUT2D eigenvalue weighted by molar-refractivity contribution is 0.394. The number of nitrogens with zero attached hydrogens (tertiary/aromatic N) is 1. The Morgan fingerprint density at radius 2 is 1.92 bits per heavy atom. The highest BCUT2D eigenvalue weighted by Gasteiger charge is 2.25. The maximum Gasteiger partial charge on any atom is 0.216 e. The summed E-state index contributed by atoms with van der Waals surface area (Å²) in [5.41, 5.74) is 1.69. The number of fused-ring (bicyclic) bond motifs is 1. The average Bonchev–Trinajstić information content (AvgIpc) is 2.52. The molecule has 24 heavy (non-hydrogen) atoms. The van der Waals surface area contributed by atoms with E-state index in [4.69, 9.17) is 21.1 Å². The molecule has 0 aliphatic carbocycles. The van der Waals surface area contributed by atoms with Gasteiger partial charge in [0, 0.05) is 34.9 Å². The number of nitrogens with one attached hydrogen (secondary N) is 1. The molecular weight excluding hydrogens is 348 g/mol. The van der Waals surface area contributed by atoms with E-state index >= 15 is 0 Å². The summed E-state index contributed by atoms with van der Waals surface area (Å²) in [5.74, 6) is 1.13. The lowest BCUT2D eigenvalue weighted by Gasteiger charge is -2.23. The van der Waals surface area contributed by atoms with Crippen molar-refractivity contribution in [3.8, 4) is 11.6 Å². The fourth-order valence-electron chi connectivity index (χ4n) is 2.21. The van der Waals surface area contributed by atoms with Crippen molar-refractivity contribution in [2.24, 2.45) is 0 Å². The molecule has 2 aromatic rings. The fraction of sp³-hybridized carbons (Fsp3) is 0.471. The van der Waals surface area contributed by atoms with E-state index in [1.807, 2.05) is 32.9 Å². The first-order valence-corrected chi connectivity index (χ1v) is 9.15. The van der Waals surface area contributed by atoms with Gasteiger partial charge in [0.25, 0.3) is 0 Å². The van der Waals surface area contributed by atoms with Crippen molar-refractivity contribution >= 4 is 33.9 Å². The SMILES string of the molecule is COc1cc2nc(OC)c(CCN[S@+]([O-])C(C)(C)C)cc2cc1Cl. The maximum absolute atomic E-state index is 12.1. The summed E-state index contributed by atoms with van der Waals surface area (Å²) in [7, 11) is 3.16. The molecule has 0 saturated heterocycles. The van der Waals surface area contributed by atoms with Gasteiger partial charge in [0.2, 0.25) is 5.88 Å². The van der Waals surface area contributed by atoms with Gasteiger partial charge < -0.3 is 14.0 Å². The predicted molar refractivity (Wildman–Crippen MR) is 99.5 cm³/mol. The van der Waals surface area contributed by atoms with Crippen LogP contribution in [0.1, 0.15) is 26.3 Å². The lowest BCUT2D eigenvalue weighted by Crippen LogP contribution is -2.40. The van der Waals surface area contributed by atoms with Gasteiger partial charge in [0.1, 0.15) is 10.5 Å². The zero-order valence-electron chi connectivity index (χ0n) is 14.6. The molecule has 5 nitrogen and oxygen atoms in total. The molecule has 1 atom stereocenters. The van der Waals surface area contributed by atoms with Crippen molar-refractivity contribution in [3.05, 3.63) is 28.8 Å². The van der Waals surface area contributed by atoms with Crippen LogP contribution in [0.3, 0.4) is 0 Å². The van der Waals surface area contributed by atoms with Crippen LogP contribution in [0.5, 0.6) is 11.6 Å². The lowest BCUT2D eigenvalue weighted by atomic mass is 10.1. The summed E-state index contributed by atoms with van der Waals surface area (Å²) in [6.07, 6.45) is 0.650. The monoisotopic (exact) mass is 370 g/mol. The second-order valence-corrected chi connectivity index (χ2v) is 8.82. The minimum Gasteiger partial charge on any atom is -0.598 e. The van der Waals surface area contributed by atoms with Crippen molar-refractivity contribution in [2.45, 2.75) is 31.9 Å². The van der Waals surface area contributed by atoms with E-state index in [-0.39, 0.29) is 4.75 Å². The number of pyridine rings is 1. The molecule has 0 aliphatic rings. The Balaban J connectivity index is 2.23. The molecule has 0 aliphatic heterocycles. The number of hydrogen-bond acceptors (Lipinski definition) is 5. The molecule has 0 amide bonds. The van der Waals surface area contributed by atoms with E-state index < -0.39 is 11.4 Å². The first kappa shape index (κ1) is 19.1. The molecule has 1 N–H and O–H groups in total. The summed E-state index contributed by atoms with van der Waals surface area (Å²) in [4.78, 5) is 4.53. The van der Waals surface area contributed by atoms with Crippen LogP contribution in [-0.4, -0.2) is 35.0 Å². The Labute approximate surface area is 151 Å². The molecule has 0 saturated carbocycles. The summed E-state index contributed by atoms with van der Waals surface area (Å²) in [6, 6.07) is 5.61. The van der Waals surface area contributed by atoms with Crippen molar-refractivity contribution < 1.29 is 14.0 Å². The van der Waals surface area contributed by atoms with Crippen LogP contribution in [0.2, 0.25) is 5.02 Å². The zero-order valence-corrected chi connectivity index (χ0v) is 16.2. The number of halogens is 1. The van der Waals surface area contributed by atoms with E-state index in [9.17, 15) is 4.55 Å². The first-order valence-electron chi connectivity index (χ1n) is 7.63. The Morgan fingerprint density at radius 3 is 2.50 bits per heavy atom. The molecule has 0 unspecified atom stereocenters. The van der Waals surface area contributed by atoms with Crippen molar-refractivity contribution in [1.82, 2.24) is 9.71 Å². The highest BCUT2D eigenvalue weighted by atomic mass is 35.5. The molecule has 132 valence electrons. The molecule has 0 radical (unpaired) electrons. The van der Waals surface area contributed by atoms with Gasteiger partial charge in [0.05, 0.1) is 24.8 Å². The Hall–Kier alpha value is -1.21. The van der Waals surface area contributed by atoms with E-state index in [2.05, 4.69) is 9.71 Å². The second kappa shape index (κ2) is 7.78. The summed E-state index contributed by atoms with van der Waals surface area (Å²) in [6.45, 7) is 6.37. The average molecular weight is 371 g/mol. The Kier molecular flexibility index (Phi) is 6.20. The molecule has 0 spiro atoms. The second-order valence-electron chi connectivity index (χ2n) is 6.36. The third-order valence-electron chi connectivity index (χ3n) is 3.50. The largest absolute Gasteiger partial charge is 0.598 e. The third-order valence-corrected chi connectivity index (χ3v) is 5.38. The van der Waals surface area contributed by atoms with Gasteiger partial charge in [-0.15, -0.1) is 4.72 Å². The number of benzene rings is 1. The normalized spacial score (nSPS) is 13.1. The molecular formula is C17H23ClN2O3S. The topological polar surface area (TPSA) is 66.4 Å². The van der Waals surface area contributed by atoms with Crippen LogP contribution in [0.15, 0.2) is 18.2 Å². The summed E-state index contributed by atoms with van der Waals surface area (Å²) in [5, 5.41) is 1.45. The zero-order chi connectivity index (χ0) is 17.9. The molecule has 2 rings (SSSR count). The van der Waals surface area contributed by atoms with E-state index in [0.717, 1.165) is 16.5 Å². The number of ether oxygens (including phenoxy) is 2. The number of rotatable bonds is 6. The molecule has 0 fully saturated rings. The summed E-state index contributed by atoms with van der Waals surface area (Å²) < 4.78 is 25.4. The van der Waals surface area contributed by atoms with Gasteiger partial charge >= 0.3 is 0 Å². The van der Waals surface area contributed by atoms with Crippen molar-refractivity contribution in [3.63, 3.8) is 0 Å². The molecule has 1 aromatic heterocycles. The van der Waals surface area contributed by atoms with Gasteiger partial charge in [-0.05, 0) is 39.3 Å². The van der Waals surface area contributed by atoms with Crippen molar-refractivity contribution in [1.29, 1.82) is 0 Å². The molecule has 0 bridgehead atoms. The number of methoxy groups -OCH3 is 2. The standard InChI is InChI=1S/C17H23ClN2O3S/c1-17(2,3)24(21)19-7-6-11-8-12-9-13(18)15(22-4)10-14(12)20-16(11)23-5/h8-10,19H,6-7H2,1-5H3/t24-/m1/s1. The van der Waals surface area contributed by atoms with Gasteiger partial charge in [-0.3, -0.25) is 0 Å². The van der Waals surface area contributed by atoms with Crippen LogP contribution in [-0.2, 0) is 17.8 Å². The van der Waals surface area contributed by atoms with Crippen LogP contribution in [0.4, 0.5) is 0 Å². The van der Waals surface area contributed by atoms with Gasteiger partial charge in [-0.1, -0.05) is 11.6 Å². The fourth-order valence-corrected chi connectivity index (χ4v) is 3.18. The third kappa shape index (κ3) is 4.45. The quantitative estimate of drug-likeness (QED) is 0.788. The maximum atomic E-state index is 12.1. The Bertz CT molecular complexity index is 719.